The molecule has 0 bridgehead atoms. The molecule has 3 N–H and O–H groups in total. The molecule has 0 aliphatic heterocycles. The highest BCUT2D eigenvalue weighted by atomic mass is 15.3. The van der Waals surface area contributed by atoms with Crippen LogP contribution in [0.1, 0.15) is 16.8 Å². The normalized spacial score (nSPS) is 11.3. The summed E-state index contributed by atoms with van der Waals surface area (Å²) in [6, 6.07) is 8.00. The summed E-state index contributed by atoms with van der Waals surface area (Å²) in [5, 5.41) is 20.2. The van der Waals surface area contributed by atoms with Crippen LogP contribution in [0.4, 0.5) is 23.3 Å². The van der Waals surface area contributed by atoms with Gasteiger partial charge in [0.05, 0.1) is 22.8 Å². The van der Waals surface area contributed by atoms with E-state index in [4.69, 9.17) is 0 Å². The van der Waals surface area contributed by atoms with Gasteiger partial charge in [0.1, 0.15) is 5.82 Å². The summed E-state index contributed by atoms with van der Waals surface area (Å²) in [6.07, 6.45) is 3.58. The van der Waals surface area contributed by atoms with Crippen molar-refractivity contribution in [2.75, 3.05) is 10.6 Å². The smallest absolute Gasteiger partial charge is 0.230 e. The van der Waals surface area contributed by atoms with Gasteiger partial charge in [-0.2, -0.15) is 15.2 Å². The van der Waals surface area contributed by atoms with Crippen molar-refractivity contribution in [3.8, 4) is 0 Å². The molecule has 150 valence electrons. The Hall–Kier alpha value is -4.01. The predicted octanol–water partition coefficient (Wildman–Crippen LogP) is 4.05. The Labute approximate surface area is 172 Å². The van der Waals surface area contributed by atoms with E-state index in [1.165, 1.54) is 0 Å². The van der Waals surface area contributed by atoms with E-state index in [1.54, 1.807) is 10.9 Å². The number of pyridine rings is 1. The Balaban J connectivity index is 1.51. The van der Waals surface area contributed by atoms with Gasteiger partial charge in [-0.05, 0) is 44.0 Å². The molecular weight excluding hydrogens is 378 g/mol. The number of rotatable bonds is 4. The van der Waals surface area contributed by atoms with E-state index >= 15 is 0 Å². The van der Waals surface area contributed by atoms with Gasteiger partial charge in [-0.3, -0.25) is 5.10 Å². The molecule has 0 aliphatic rings. The van der Waals surface area contributed by atoms with Crippen LogP contribution in [0, 0.1) is 20.8 Å². The first-order valence-electron chi connectivity index (χ1n) is 9.60. The molecule has 0 fully saturated rings. The minimum atomic E-state index is 0.473. The number of aromatic amines is 1. The molecule has 0 amide bonds. The number of nitrogens with zero attached hydrogens (tertiary/aromatic N) is 6. The molecule has 0 saturated carbocycles. The summed E-state index contributed by atoms with van der Waals surface area (Å²) in [6.45, 7) is 6.06. The van der Waals surface area contributed by atoms with Crippen molar-refractivity contribution in [2.24, 2.45) is 7.05 Å². The molecule has 30 heavy (non-hydrogen) atoms. The number of benzene rings is 1. The SMILES string of the molecule is Cc1ccc(Nc2ncc3c(Nc4c(C)ccc5[nH]ncc45)nn(C)c3n2)nc1C. The molecule has 0 radical (unpaired) electrons. The van der Waals surface area contributed by atoms with Crippen LogP contribution in [0.25, 0.3) is 21.9 Å². The van der Waals surface area contributed by atoms with Crippen LogP contribution < -0.4 is 10.6 Å². The topological polar surface area (TPSA) is 109 Å². The van der Waals surface area contributed by atoms with Gasteiger partial charge < -0.3 is 10.6 Å². The first kappa shape index (κ1) is 18.0. The summed E-state index contributed by atoms with van der Waals surface area (Å²) in [4.78, 5) is 13.6. The number of hydrogen-bond donors (Lipinski definition) is 3. The number of hydrogen-bond acceptors (Lipinski definition) is 7. The van der Waals surface area contributed by atoms with E-state index in [0.29, 0.717) is 17.6 Å². The quantitative estimate of drug-likeness (QED) is 0.418. The van der Waals surface area contributed by atoms with Gasteiger partial charge in [-0.1, -0.05) is 12.1 Å². The second-order valence-electron chi connectivity index (χ2n) is 7.34. The number of anilines is 4. The van der Waals surface area contributed by atoms with Crippen LogP contribution in [0.3, 0.4) is 0 Å². The van der Waals surface area contributed by atoms with Crippen LogP contribution in [0.2, 0.25) is 0 Å². The van der Waals surface area contributed by atoms with E-state index < -0.39 is 0 Å². The minimum absolute atomic E-state index is 0.473. The molecule has 9 heteroatoms. The van der Waals surface area contributed by atoms with E-state index in [0.717, 1.165) is 44.4 Å². The summed E-state index contributed by atoms with van der Waals surface area (Å²) in [5.41, 5.74) is 5.85. The van der Waals surface area contributed by atoms with Crippen molar-refractivity contribution in [2.45, 2.75) is 20.8 Å². The van der Waals surface area contributed by atoms with Gasteiger partial charge in [0.25, 0.3) is 0 Å². The van der Waals surface area contributed by atoms with E-state index in [9.17, 15) is 0 Å². The molecule has 9 nitrogen and oxygen atoms in total. The van der Waals surface area contributed by atoms with Crippen molar-refractivity contribution in [3.05, 3.63) is 53.5 Å². The second kappa shape index (κ2) is 6.80. The van der Waals surface area contributed by atoms with Crippen molar-refractivity contribution in [3.63, 3.8) is 0 Å². The van der Waals surface area contributed by atoms with Crippen LogP contribution >= 0.6 is 0 Å². The molecule has 0 saturated heterocycles. The number of H-pyrrole nitrogens is 1. The summed E-state index contributed by atoms with van der Waals surface area (Å²) in [7, 11) is 1.86. The van der Waals surface area contributed by atoms with Gasteiger partial charge in [0, 0.05) is 24.3 Å². The lowest BCUT2D eigenvalue weighted by atomic mass is 10.1. The molecule has 0 atom stereocenters. The van der Waals surface area contributed by atoms with Crippen LogP contribution in [0.5, 0.6) is 0 Å². The third-order valence-corrected chi connectivity index (χ3v) is 5.25. The van der Waals surface area contributed by atoms with Crippen molar-refractivity contribution in [1.29, 1.82) is 0 Å². The average Bonchev–Trinajstić information content (AvgIpc) is 3.32. The molecule has 1 aromatic carbocycles. The lowest BCUT2D eigenvalue weighted by molar-refractivity contribution is 0.789. The van der Waals surface area contributed by atoms with Gasteiger partial charge in [-0.15, -0.1) is 0 Å². The maximum atomic E-state index is 4.64. The second-order valence-corrected chi connectivity index (χ2v) is 7.34. The van der Waals surface area contributed by atoms with Crippen LogP contribution in [-0.2, 0) is 7.05 Å². The Morgan fingerprint density at radius 1 is 0.900 bits per heavy atom. The van der Waals surface area contributed by atoms with Crippen LogP contribution in [-0.4, -0.2) is 34.9 Å². The highest BCUT2D eigenvalue weighted by Crippen LogP contribution is 2.31. The fraction of sp³-hybridized carbons (Fsp3) is 0.190. The predicted molar refractivity (Wildman–Crippen MR) is 117 cm³/mol. The van der Waals surface area contributed by atoms with E-state index in [1.807, 2.05) is 51.4 Å². The van der Waals surface area contributed by atoms with E-state index in [2.05, 4.69) is 47.8 Å². The van der Waals surface area contributed by atoms with Crippen molar-refractivity contribution < 1.29 is 0 Å². The lowest BCUT2D eigenvalue weighted by Crippen LogP contribution is -2.01. The maximum Gasteiger partial charge on any atom is 0.230 e. The third-order valence-electron chi connectivity index (χ3n) is 5.25. The Morgan fingerprint density at radius 3 is 2.57 bits per heavy atom. The summed E-state index contributed by atoms with van der Waals surface area (Å²) < 4.78 is 1.74. The van der Waals surface area contributed by atoms with Crippen molar-refractivity contribution >= 4 is 45.2 Å². The molecule has 5 aromatic rings. The minimum Gasteiger partial charge on any atom is -0.337 e. The highest BCUT2D eigenvalue weighted by Gasteiger charge is 2.15. The van der Waals surface area contributed by atoms with Gasteiger partial charge >= 0.3 is 0 Å². The van der Waals surface area contributed by atoms with Gasteiger partial charge in [0.2, 0.25) is 5.95 Å². The fourth-order valence-corrected chi connectivity index (χ4v) is 3.42. The molecule has 0 aliphatic carbocycles. The molecule has 0 unspecified atom stereocenters. The number of nitrogens with one attached hydrogen (secondary N) is 3. The van der Waals surface area contributed by atoms with E-state index in [-0.39, 0.29) is 0 Å². The van der Waals surface area contributed by atoms with Gasteiger partial charge in [0.15, 0.2) is 11.5 Å². The first-order valence-corrected chi connectivity index (χ1v) is 9.60. The zero-order valence-electron chi connectivity index (χ0n) is 17.1. The zero-order valence-corrected chi connectivity index (χ0v) is 17.1. The Morgan fingerprint density at radius 2 is 1.73 bits per heavy atom. The third kappa shape index (κ3) is 3.00. The first-order chi connectivity index (χ1) is 14.5. The zero-order chi connectivity index (χ0) is 20.8. The molecule has 4 heterocycles. The van der Waals surface area contributed by atoms with Crippen molar-refractivity contribution in [1.82, 2.24) is 34.9 Å². The molecule has 4 aromatic heterocycles. The molecule has 0 spiro atoms. The highest BCUT2D eigenvalue weighted by molar-refractivity contribution is 5.98. The Kier molecular flexibility index (Phi) is 4.09. The number of aryl methyl sites for hydroxylation is 4. The lowest BCUT2D eigenvalue weighted by Gasteiger charge is -2.09. The number of aromatic nitrogens is 7. The summed E-state index contributed by atoms with van der Waals surface area (Å²) >= 11 is 0. The largest absolute Gasteiger partial charge is 0.337 e. The molecule has 5 rings (SSSR count). The molecular formula is C21H21N9. The summed E-state index contributed by atoms with van der Waals surface area (Å²) in [5.74, 6) is 1.88. The van der Waals surface area contributed by atoms with Crippen LogP contribution in [0.15, 0.2) is 36.7 Å². The monoisotopic (exact) mass is 399 g/mol. The Bertz CT molecular complexity index is 1400. The number of fused-ring (bicyclic) bond motifs is 2. The fourth-order valence-electron chi connectivity index (χ4n) is 3.42. The standard InChI is InChI=1S/C21H21N9/c1-11-6-8-17(24-13(11)3)25-21-22-9-15-19(29-30(4)20(15)27-21)26-18-12(2)5-7-16-14(18)10-23-28-16/h5-10H,1-4H3,(H,23,28)(H,26,29)(H,22,24,25,27). The maximum absolute atomic E-state index is 4.64. The average molecular weight is 399 g/mol. The van der Waals surface area contributed by atoms with Gasteiger partial charge in [-0.25, -0.2) is 14.6 Å².